The quantitative estimate of drug-likeness (QED) is 0.431. The Bertz CT molecular complexity index is 1200. The van der Waals surface area contributed by atoms with E-state index in [4.69, 9.17) is 9.47 Å². The summed E-state index contributed by atoms with van der Waals surface area (Å²) < 4.78 is 41.1. The number of amides is 2. The summed E-state index contributed by atoms with van der Waals surface area (Å²) in [6.45, 7) is -0.0620. The number of carbonyl (C=O) groups excluding carboxylic acids is 2. The predicted molar refractivity (Wildman–Crippen MR) is 126 cm³/mol. The summed E-state index contributed by atoms with van der Waals surface area (Å²) in [4.78, 5) is 29.5. The molecule has 1 aliphatic rings. The maximum absolute atomic E-state index is 14.9. The molecule has 1 aliphatic carbocycles. The van der Waals surface area contributed by atoms with Gasteiger partial charge < -0.3 is 20.1 Å². The summed E-state index contributed by atoms with van der Waals surface area (Å²) in [7, 11) is 1.41. The van der Waals surface area contributed by atoms with Gasteiger partial charge in [-0.3, -0.25) is 13.6 Å². The first kappa shape index (κ1) is 24.2. The van der Waals surface area contributed by atoms with Crippen LogP contribution in [0.15, 0.2) is 36.0 Å². The summed E-state index contributed by atoms with van der Waals surface area (Å²) in [5.41, 5.74) is 0.689. The molecule has 8 nitrogen and oxygen atoms in total. The molecule has 2 aromatic heterocycles. The van der Waals surface area contributed by atoms with E-state index in [1.54, 1.807) is 27.8 Å². The number of hydrogen-bond acceptors (Lipinski definition) is 7. The molecule has 0 aliphatic heterocycles. The smallest absolute Gasteiger partial charge is 0.253 e. The molecule has 1 aromatic carbocycles. The van der Waals surface area contributed by atoms with E-state index in [9.17, 15) is 18.4 Å². The first-order valence-electron chi connectivity index (χ1n) is 10.3. The second-order valence-electron chi connectivity index (χ2n) is 7.51. The number of nitrogens with one attached hydrogen (secondary N) is 2. The van der Waals surface area contributed by atoms with Gasteiger partial charge in [-0.15, -0.1) is 11.3 Å². The van der Waals surface area contributed by atoms with E-state index in [1.807, 2.05) is 6.26 Å². The normalized spacial score (nSPS) is 14.0. The second kappa shape index (κ2) is 10.5. The third-order valence-electron chi connectivity index (χ3n) is 4.96. The zero-order valence-corrected chi connectivity index (χ0v) is 20.0. The van der Waals surface area contributed by atoms with E-state index < -0.39 is 35.2 Å². The first-order chi connectivity index (χ1) is 16.4. The fourth-order valence-electron chi connectivity index (χ4n) is 3.05. The zero-order chi connectivity index (χ0) is 24.2. The lowest BCUT2D eigenvalue weighted by molar-refractivity contribution is -0.119. The van der Waals surface area contributed by atoms with E-state index in [1.165, 1.54) is 25.1 Å². The van der Waals surface area contributed by atoms with Gasteiger partial charge in [0.25, 0.3) is 11.8 Å². The van der Waals surface area contributed by atoms with Crippen molar-refractivity contribution in [2.75, 3.05) is 25.3 Å². The Morgan fingerprint density at radius 1 is 1.32 bits per heavy atom. The van der Waals surface area contributed by atoms with Crippen molar-refractivity contribution in [2.45, 2.75) is 25.0 Å². The van der Waals surface area contributed by atoms with Crippen molar-refractivity contribution < 1.29 is 27.8 Å². The molecule has 34 heavy (non-hydrogen) atoms. The van der Waals surface area contributed by atoms with Crippen LogP contribution in [0.2, 0.25) is 0 Å². The van der Waals surface area contributed by atoms with E-state index in [-0.39, 0.29) is 29.1 Å². The van der Waals surface area contributed by atoms with E-state index in [0.717, 1.165) is 30.2 Å². The molecule has 1 fully saturated rings. The number of rotatable bonds is 10. The maximum atomic E-state index is 14.9. The molecule has 3 aromatic rings. The second-order valence-corrected chi connectivity index (χ2v) is 9.15. The minimum Gasteiger partial charge on any atom is -0.484 e. The van der Waals surface area contributed by atoms with Gasteiger partial charge in [0.15, 0.2) is 22.5 Å². The van der Waals surface area contributed by atoms with E-state index in [2.05, 4.69) is 15.6 Å². The molecule has 0 saturated heterocycles. The van der Waals surface area contributed by atoms with E-state index >= 15 is 0 Å². The number of carbonyl (C=O) groups is 2. The highest BCUT2D eigenvalue weighted by Crippen LogP contribution is 2.36. The Morgan fingerprint density at radius 2 is 2.12 bits per heavy atom. The highest BCUT2D eigenvalue weighted by Gasteiger charge is 2.28. The van der Waals surface area contributed by atoms with Gasteiger partial charge in [-0.2, -0.15) is 0 Å². The molecule has 0 spiro atoms. The predicted octanol–water partition coefficient (Wildman–Crippen LogP) is 3.94. The fourth-order valence-corrected chi connectivity index (χ4v) is 4.17. The summed E-state index contributed by atoms with van der Waals surface area (Å²) >= 11 is 2.49. The third kappa shape index (κ3) is 5.57. The molecule has 0 radical (unpaired) electrons. The largest absolute Gasteiger partial charge is 0.484 e. The number of halogens is 2. The van der Waals surface area contributed by atoms with Crippen molar-refractivity contribution in [2.24, 2.45) is 0 Å². The van der Waals surface area contributed by atoms with Crippen LogP contribution in [0.5, 0.6) is 5.75 Å². The molecule has 2 heterocycles. The van der Waals surface area contributed by atoms with Gasteiger partial charge in [0.2, 0.25) is 0 Å². The molecular formula is C22H22F2N4O4S2. The van der Waals surface area contributed by atoms with Gasteiger partial charge in [-0.1, -0.05) is 0 Å². The Morgan fingerprint density at radius 3 is 2.79 bits per heavy atom. The number of anilines is 1. The minimum absolute atomic E-state index is 0.0620. The van der Waals surface area contributed by atoms with Crippen LogP contribution >= 0.6 is 23.3 Å². The molecule has 0 bridgehead atoms. The fraction of sp³-hybridized carbons (Fsp3) is 0.318. The van der Waals surface area contributed by atoms with Gasteiger partial charge >= 0.3 is 0 Å². The number of benzene rings is 1. The average Bonchev–Trinajstić information content (AvgIpc) is 3.30. The van der Waals surface area contributed by atoms with Crippen LogP contribution in [-0.4, -0.2) is 52.9 Å². The van der Waals surface area contributed by atoms with Crippen LogP contribution in [0.4, 0.5) is 13.9 Å². The molecular weight excluding hydrogens is 486 g/mol. The van der Waals surface area contributed by atoms with Crippen LogP contribution in [0, 0.1) is 11.6 Å². The molecule has 0 unspecified atom stereocenters. The molecule has 2 N–H and O–H groups in total. The molecule has 180 valence electrons. The van der Waals surface area contributed by atoms with Crippen molar-refractivity contribution in [1.29, 1.82) is 0 Å². The monoisotopic (exact) mass is 508 g/mol. The van der Waals surface area contributed by atoms with Crippen LogP contribution < -0.4 is 15.4 Å². The van der Waals surface area contributed by atoms with Gasteiger partial charge in [0.1, 0.15) is 6.04 Å². The Hall–Kier alpha value is -2.96. The average molecular weight is 509 g/mol. The van der Waals surface area contributed by atoms with Gasteiger partial charge in [-0.25, -0.2) is 13.8 Å². The lowest BCUT2D eigenvalue weighted by atomic mass is 10.1. The molecule has 1 saturated carbocycles. The van der Waals surface area contributed by atoms with Crippen LogP contribution in [0.3, 0.4) is 0 Å². The highest BCUT2D eigenvalue weighted by atomic mass is 32.2. The highest BCUT2D eigenvalue weighted by molar-refractivity contribution is 7.97. The van der Waals surface area contributed by atoms with Crippen LogP contribution in [0.25, 0.3) is 11.3 Å². The van der Waals surface area contributed by atoms with Gasteiger partial charge in [-0.05, 0) is 43.0 Å². The number of thiazole rings is 1. The first-order valence-corrected chi connectivity index (χ1v) is 12.4. The van der Waals surface area contributed by atoms with Crippen LogP contribution in [0.1, 0.15) is 23.2 Å². The lowest BCUT2D eigenvalue weighted by Crippen LogP contribution is -2.46. The number of hydrogen-bond donors (Lipinski definition) is 2. The Balaban J connectivity index is 1.45. The van der Waals surface area contributed by atoms with Gasteiger partial charge in [0, 0.05) is 36.7 Å². The molecule has 2 amide bonds. The molecule has 4 rings (SSSR count). The Kier molecular flexibility index (Phi) is 7.49. The number of nitrogens with zero attached hydrogens (tertiary/aromatic N) is 2. The number of aromatic nitrogens is 2. The standard InChI is InChI=1S/C22H22F2N4O4S2/c1-31-10-16(25-20(29)12-7-8-28(9-12)33-2)21(30)27-22-26-17(11-34-22)14-5-6-15(23)19(18(14)24)32-13-3-4-13/h5-9,11,13,16H,3-4,10H2,1-2H3,(H,25,29)(H,26,27,30)/t16-/m0/s1. The zero-order valence-electron chi connectivity index (χ0n) is 18.3. The summed E-state index contributed by atoms with van der Waals surface area (Å²) in [5, 5.41) is 6.99. The molecule has 12 heteroatoms. The molecule has 1 atom stereocenters. The van der Waals surface area contributed by atoms with Crippen molar-refractivity contribution >= 4 is 40.2 Å². The van der Waals surface area contributed by atoms with Crippen LogP contribution in [-0.2, 0) is 9.53 Å². The van der Waals surface area contributed by atoms with Crippen molar-refractivity contribution in [3.8, 4) is 17.0 Å². The topological polar surface area (TPSA) is 94.5 Å². The van der Waals surface area contributed by atoms with E-state index in [0.29, 0.717) is 5.56 Å². The summed E-state index contributed by atoms with van der Waals surface area (Å²) in [6.07, 6.45) is 6.60. The minimum atomic E-state index is -0.983. The SMILES string of the molecule is COC[C@H](NC(=O)c1ccn(SC)c1)C(=O)Nc1nc(-c2ccc(F)c(OC3CC3)c2F)cs1. The van der Waals surface area contributed by atoms with Gasteiger partial charge in [0.05, 0.1) is 24.0 Å². The number of ether oxygens (including phenoxy) is 2. The summed E-state index contributed by atoms with van der Waals surface area (Å²) in [6, 6.07) is 3.06. The lowest BCUT2D eigenvalue weighted by Gasteiger charge is -2.16. The third-order valence-corrected chi connectivity index (χ3v) is 6.37. The summed E-state index contributed by atoms with van der Waals surface area (Å²) in [5.74, 6) is -3.00. The number of methoxy groups -OCH3 is 1. The van der Waals surface area contributed by atoms with Crippen molar-refractivity contribution in [1.82, 2.24) is 14.3 Å². The maximum Gasteiger partial charge on any atom is 0.253 e. The Labute approximate surface area is 202 Å². The van der Waals surface area contributed by atoms with Crippen molar-refractivity contribution in [3.63, 3.8) is 0 Å². The van der Waals surface area contributed by atoms with Crippen molar-refractivity contribution in [3.05, 3.63) is 53.2 Å².